The van der Waals surface area contributed by atoms with Crippen molar-refractivity contribution in [2.45, 2.75) is 33.6 Å². The lowest BCUT2D eigenvalue weighted by molar-refractivity contribution is -0.152. The molecule has 2 aromatic carbocycles. The monoisotopic (exact) mass is 507 g/mol. The second-order valence-electron chi connectivity index (χ2n) is 8.13. The largest absolute Gasteiger partial charge is 0.494 e. The van der Waals surface area contributed by atoms with Gasteiger partial charge in [0.15, 0.2) is 0 Å². The van der Waals surface area contributed by atoms with Crippen molar-refractivity contribution < 1.29 is 23.9 Å². The van der Waals surface area contributed by atoms with Crippen LogP contribution in [0.2, 0.25) is 0 Å². The molecule has 0 aliphatic carbocycles. The van der Waals surface area contributed by atoms with Crippen molar-refractivity contribution in [3.05, 3.63) is 69.8 Å². The number of nitrogens with one attached hydrogen (secondary N) is 2. The van der Waals surface area contributed by atoms with E-state index < -0.39 is 23.7 Å². The number of para-hydroxylation sites is 2. The third-order valence-corrected chi connectivity index (χ3v) is 6.73. The van der Waals surface area contributed by atoms with Gasteiger partial charge in [0.1, 0.15) is 11.7 Å². The number of nitriles is 1. The first-order chi connectivity index (χ1) is 17.3. The maximum absolute atomic E-state index is 13.2. The lowest BCUT2D eigenvalue weighted by atomic mass is 9.78. The third kappa shape index (κ3) is 5.89. The molecule has 1 aliphatic heterocycles. The number of nitrogens with zero attached hydrogens (tertiary/aromatic N) is 1. The summed E-state index contributed by atoms with van der Waals surface area (Å²) in [6, 6.07) is 14.9. The van der Waals surface area contributed by atoms with Crippen LogP contribution in [-0.2, 0) is 19.1 Å². The highest BCUT2D eigenvalue weighted by Crippen LogP contribution is 2.43. The van der Waals surface area contributed by atoms with Crippen LogP contribution in [-0.4, -0.2) is 36.8 Å². The van der Waals surface area contributed by atoms with E-state index in [0.717, 1.165) is 28.6 Å². The molecular formula is C27H29N3O5S. The SMILES string of the molecule is CCOC(=O)[C@@H]1C(=O)NC(SCC(=O)Nc2c(C)cccc2C)=C(C#N)[C@H]1c1ccccc1OCC. The van der Waals surface area contributed by atoms with Gasteiger partial charge in [-0.15, -0.1) is 0 Å². The van der Waals surface area contributed by atoms with Crippen LogP contribution in [0.4, 0.5) is 5.69 Å². The molecule has 1 aliphatic rings. The number of carbonyl (C=O) groups is 3. The fourth-order valence-electron chi connectivity index (χ4n) is 4.11. The summed E-state index contributed by atoms with van der Waals surface area (Å²) < 4.78 is 10.9. The molecule has 2 atom stereocenters. The Kier molecular flexibility index (Phi) is 9.14. The molecule has 0 spiro atoms. The molecule has 2 amide bonds. The molecule has 0 radical (unpaired) electrons. The fourth-order valence-corrected chi connectivity index (χ4v) is 4.96. The van der Waals surface area contributed by atoms with Crippen LogP contribution >= 0.6 is 11.8 Å². The van der Waals surface area contributed by atoms with E-state index in [1.165, 1.54) is 0 Å². The van der Waals surface area contributed by atoms with E-state index in [4.69, 9.17) is 9.47 Å². The van der Waals surface area contributed by atoms with Gasteiger partial charge in [-0.3, -0.25) is 14.4 Å². The van der Waals surface area contributed by atoms with E-state index >= 15 is 0 Å². The van der Waals surface area contributed by atoms with Gasteiger partial charge in [0.2, 0.25) is 11.8 Å². The quantitative estimate of drug-likeness (QED) is 0.386. The number of ether oxygens (including phenoxy) is 2. The summed E-state index contributed by atoms with van der Waals surface area (Å²) in [5.41, 5.74) is 3.30. The topological polar surface area (TPSA) is 118 Å². The Hall–Kier alpha value is -3.77. The molecule has 3 rings (SSSR count). The number of esters is 1. The smallest absolute Gasteiger partial charge is 0.319 e. The summed E-state index contributed by atoms with van der Waals surface area (Å²) in [4.78, 5) is 38.7. The van der Waals surface area contributed by atoms with Crippen LogP contribution in [0.1, 0.15) is 36.5 Å². The Morgan fingerprint density at radius 2 is 1.78 bits per heavy atom. The Morgan fingerprint density at radius 3 is 2.42 bits per heavy atom. The number of carbonyl (C=O) groups excluding carboxylic acids is 3. The van der Waals surface area contributed by atoms with Gasteiger partial charge in [-0.2, -0.15) is 5.26 Å². The van der Waals surface area contributed by atoms with Crippen LogP contribution in [0.5, 0.6) is 5.75 Å². The molecule has 0 bridgehead atoms. The third-order valence-electron chi connectivity index (χ3n) is 5.72. The first-order valence-electron chi connectivity index (χ1n) is 11.6. The number of anilines is 1. The normalized spacial score (nSPS) is 17.1. The van der Waals surface area contributed by atoms with Gasteiger partial charge in [0.25, 0.3) is 0 Å². The van der Waals surface area contributed by atoms with Crippen molar-refractivity contribution in [3.8, 4) is 11.8 Å². The van der Waals surface area contributed by atoms with Crippen molar-refractivity contribution in [3.63, 3.8) is 0 Å². The Labute approximate surface area is 215 Å². The molecule has 1 heterocycles. The van der Waals surface area contributed by atoms with Crippen molar-refractivity contribution in [1.29, 1.82) is 5.26 Å². The fraction of sp³-hybridized carbons (Fsp3) is 0.333. The summed E-state index contributed by atoms with van der Waals surface area (Å²) in [7, 11) is 0. The number of hydrogen-bond acceptors (Lipinski definition) is 7. The van der Waals surface area contributed by atoms with E-state index in [9.17, 15) is 19.6 Å². The zero-order valence-electron chi connectivity index (χ0n) is 20.7. The minimum atomic E-state index is -1.27. The minimum Gasteiger partial charge on any atom is -0.494 e. The number of amides is 2. The van der Waals surface area contributed by atoms with E-state index in [1.807, 2.05) is 39.0 Å². The number of aryl methyl sites for hydroxylation is 2. The summed E-state index contributed by atoms with van der Waals surface area (Å²) in [5, 5.41) is 15.9. The van der Waals surface area contributed by atoms with Gasteiger partial charge < -0.3 is 20.1 Å². The molecule has 0 saturated heterocycles. The van der Waals surface area contributed by atoms with Crippen molar-refractivity contribution in [2.24, 2.45) is 5.92 Å². The second-order valence-corrected chi connectivity index (χ2v) is 9.11. The standard InChI is InChI=1S/C27H29N3O5S/c1-5-34-20-13-8-7-12-18(20)22-19(14-28)26(30-25(32)23(22)27(33)35-6-2)36-15-21(31)29-24-16(3)10-9-11-17(24)4/h7-13,22-23H,5-6,15H2,1-4H3,(H,29,31)(H,30,32)/t22-,23+/m1/s1. The van der Waals surface area contributed by atoms with Crippen LogP contribution in [0.15, 0.2) is 53.1 Å². The number of benzene rings is 2. The summed E-state index contributed by atoms with van der Waals surface area (Å²) >= 11 is 1.04. The first kappa shape index (κ1) is 26.8. The highest BCUT2D eigenvalue weighted by Gasteiger charge is 2.45. The minimum absolute atomic E-state index is 0.0432. The second kappa shape index (κ2) is 12.3. The van der Waals surface area contributed by atoms with Crippen LogP contribution < -0.4 is 15.4 Å². The predicted molar refractivity (Wildman–Crippen MR) is 138 cm³/mol. The molecule has 188 valence electrons. The van der Waals surface area contributed by atoms with Gasteiger partial charge in [-0.1, -0.05) is 48.2 Å². The number of thioether (sulfide) groups is 1. The predicted octanol–water partition coefficient (Wildman–Crippen LogP) is 4.20. The van der Waals surface area contributed by atoms with E-state index in [2.05, 4.69) is 16.7 Å². The highest BCUT2D eigenvalue weighted by molar-refractivity contribution is 8.03. The van der Waals surface area contributed by atoms with Gasteiger partial charge in [0.05, 0.1) is 35.6 Å². The molecule has 0 aromatic heterocycles. The number of hydrogen-bond donors (Lipinski definition) is 2. The van der Waals surface area contributed by atoms with Gasteiger partial charge in [0, 0.05) is 17.2 Å². The molecule has 36 heavy (non-hydrogen) atoms. The molecule has 2 aromatic rings. The van der Waals surface area contributed by atoms with E-state index in [1.54, 1.807) is 31.2 Å². The average Bonchev–Trinajstić information content (AvgIpc) is 2.85. The van der Waals surface area contributed by atoms with Crippen LogP contribution in [0.3, 0.4) is 0 Å². The summed E-state index contributed by atoms with van der Waals surface area (Å²) in [6.45, 7) is 7.75. The lowest BCUT2D eigenvalue weighted by Crippen LogP contribution is -2.44. The van der Waals surface area contributed by atoms with Crippen LogP contribution in [0.25, 0.3) is 0 Å². The van der Waals surface area contributed by atoms with Crippen molar-refractivity contribution in [1.82, 2.24) is 5.32 Å². The molecular weight excluding hydrogens is 478 g/mol. The lowest BCUT2D eigenvalue weighted by Gasteiger charge is -2.32. The first-order valence-corrected chi connectivity index (χ1v) is 12.6. The number of allylic oxidation sites excluding steroid dienone is 1. The average molecular weight is 508 g/mol. The van der Waals surface area contributed by atoms with Crippen molar-refractivity contribution in [2.75, 3.05) is 24.3 Å². The Bertz CT molecular complexity index is 1210. The van der Waals surface area contributed by atoms with Gasteiger partial charge in [-0.25, -0.2) is 0 Å². The zero-order chi connectivity index (χ0) is 26.2. The van der Waals surface area contributed by atoms with Crippen LogP contribution in [0, 0.1) is 31.1 Å². The molecule has 0 saturated carbocycles. The zero-order valence-corrected chi connectivity index (χ0v) is 21.5. The maximum Gasteiger partial charge on any atom is 0.319 e. The molecule has 8 nitrogen and oxygen atoms in total. The molecule has 0 unspecified atom stereocenters. The maximum atomic E-state index is 13.2. The Balaban J connectivity index is 1.97. The van der Waals surface area contributed by atoms with E-state index in [0.29, 0.717) is 17.9 Å². The van der Waals surface area contributed by atoms with Crippen molar-refractivity contribution >= 4 is 35.2 Å². The summed E-state index contributed by atoms with van der Waals surface area (Å²) in [5.74, 6) is -3.37. The van der Waals surface area contributed by atoms with Gasteiger partial charge in [-0.05, 0) is 44.9 Å². The Morgan fingerprint density at radius 1 is 1.08 bits per heavy atom. The summed E-state index contributed by atoms with van der Waals surface area (Å²) in [6.07, 6.45) is 0. The molecule has 9 heteroatoms. The molecule has 2 N–H and O–H groups in total. The molecule has 0 fully saturated rings. The highest BCUT2D eigenvalue weighted by atomic mass is 32.2. The van der Waals surface area contributed by atoms with Gasteiger partial charge >= 0.3 is 5.97 Å². The van der Waals surface area contributed by atoms with E-state index in [-0.39, 0.29) is 28.9 Å². The number of rotatable bonds is 9.